The van der Waals surface area contributed by atoms with Crippen molar-refractivity contribution in [2.45, 2.75) is 0 Å². The van der Waals surface area contributed by atoms with Gasteiger partial charge in [0.1, 0.15) is 17.1 Å². The molecule has 1 heterocycles. The van der Waals surface area contributed by atoms with Gasteiger partial charge in [0, 0.05) is 10.7 Å². The van der Waals surface area contributed by atoms with Gasteiger partial charge in [-0.1, -0.05) is 39.7 Å². The number of rotatable bonds is 3. The molecule has 0 radical (unpaired) electrons. The summed E-state index contributed by atoms with van der Waals surface area (Å²) in [6.07, 6.45) is 2.85. The Morgan fingerprint density at radius 2 is 2.22 bits per heavy atom. The van der Waals surface area contributed by atoms with Crippen molar-refractivity contribution >= 4 is 44.7 Å². The van der Waals surface area contributed by atoms with Crippen molar-refractivity contribution in [1.29, 1.82) is 0 Å². The van der Waals surface area contributed by atoms with E-state index in [2.05, 4.69) is 25.9 Å². The maximum Gasteiger partial charge on any atom is 0.232 e. The van der Waals surface area contributed by atoms with Gasteiger partial charge in [-0.15, -0.1) is 0 Å². The maximum atomic E-state index is 6.02. The summed E-state index contributed by atoms with van der Waals surface area (Å²) in [4.78, 5) is 8.00. The standard InChI is InChI=1S/C11H7BrClN3OS/c12-6-1-2-8(13)9(3-6)17-11-7(10(14)18)4-15-5-16-11/h1-5H,(H2,14,18). The lowest BCUT2D eigenvalue weighted by Crippen LogP contribution is -2.12. The molecule has 4 nitrogen and oxygen atoms in total. The second-order valence-electron chi connectivity index (χ2n) is 3.28. The average molecular weight is 345 g/mol. The summed E-state index contributed by atoms with van der Waals surface area (Å²) >= 11 is 14.3. The van der Waals surface area contributed by atoms with Crippen molar-refractivity contribution < 1.29 is 4.74 Å². The minimum absolute atomic E-state index is 0.164. The largest absolute Gasteiger partial charge is 0.437 e. The van der Waals surface area contributed by atoms with Crippen molar-refractivity contribution in [3.63, 3.8) is 0 Å². The van der Waals surface area contributed by atoms with E-state index in [0.29, 0.717) is 16.3 Å². The van der Waals surface area contributed by atoms with E-state index in [1.807, 2.05) is 6.07 Å². The number of aromatic nitrogens is 2. The van der Waals surface area contributed by atoms with Gasteiger partial charge < -0.3 is 10.5 Å². The second kappa shape index (κ2) is 5.60. The zero-order valence-corrected chi connectivity index (χ0v) is 12.1. The fraction of sp³-hybridized carbons (Fsp3) is 0. The molecule has 0 saturated heterocycles. The van der Waals surface area contributed by atoms with Crippen molar-refractivity contribution in [2.24, 2.45) is 5.73 Å². The summed E-state index contributed by atoms with van der Waals surface area (Å²) in [5.74, 6) is 0.736. The molecular weight excluding hydrogens is 338 g/mol. The number of ether oxygens (including phenoxy) is 1. The average Bonchev–Trinajstić information content (AvgIpc) is 2.34. The molecule has 0 amide bonds. The quantitative estimate of drug-likeness (QED) is 0.866. The molecule has 0 atom stereocenters. The first-order valence-corrected chi connectivity index (χ1v) is 6.38. The van der Waals surface area contributed by atoms with E-state index in [-0.39, 0.29) is 10.9 Å². The first-order chi connectivity index (χ1) is 8.58. The van der Waals surface area contributed by atoms with Crippen LogP contribution in [0.1, 0.15) is 5.56 Å². The lowest BCUT2D eigenvalue weighted by Gasteiger charge is -2.09. The topological polar surface area (TPSA) is 61.0 Å². The predicted octanol–water partition coefficient (Wildman–Crippen LogP) is 3.32. The molecule has 0 aliphatic carbocycles. The van der Waals surface area contributed by atoms with Gasteiger partial charge in [-0.25, -0.2) is 9.97 Å². The highest BCUT2D eigenvalue weighted by Gasteiger charge is 2.11. The molecule has 92 valence electrons. The molecule has 0 aliphatic heterocycles. The second-order valence-corrected chi connectivity index (χ2v) is 5.05. The molecule has 1 aromatic heterocycles. The molecule has 0 spiro atoms. The molecule has 0 bridgehead atoms. The Kier molecular flexibility index (Phi) is 4.11. The van der Waals surface area contributed by atoms with Crippen LogP contribution in [0.4, 0.5) is 0 Å². The fourth-order valence-electron chi connectivity index (χ4n) is 1.23. The number of thiocarbonyl (C=S) groups is 1. The van der Waals surface area contributed by atoms with Crippen molar-refractivity contribution in [1.82, 2.24) is 9.97 Å². The molecule has 2 rings (SSSR count). The number of hydrogen-bond donors (Lipinski definition) is 1. The van der Waals surface area contributed by atoms with Gasteiger partial charge in [0.05, 0.1) is 10.6 Å². The van der Waals surface area contributed by atoms with Crippen molar-refractivity contribution in [2.75, 3.05) is 0 Å². The highest BCUT2D eigenvalue weighted by molar-refractivity contribution is 9.10. The van der Waals surface area contributed by atoms with Crippen LogP contribution >= 0.6 is 39.7 Å². The molecule has 0 saturated carbocycles. The Labute approximate surface area is 122 Å². The molecule has 2 N–H and O–H groups in total. The molecular formula is C11H7BrClN3OS. The van der Waals surface area contributed by atoms with E-state index in [1.165, 1.54) is 12.5 Å². The summed E-state index contributed by atoms with van der Waals surface area (Å²) in [7, 11) is 0. The van der Waals surface area contributed by atoms with Crippen LogP contribution in [0.3, 0.4) is 0 Å². The van der Waals surface area contributed by atoms with Gasteiger partial charge in [0.2, 0.25) is 5.88 Å². The first-order valence-electron chi connectivity index (χ1n) is 4.80. The molecule has 7 heteroatoms. The number of benzene rings is 1. The molecule has 18 heavy (non-hydrogen) atoms. The zero-order valence-electron chi connectivity index (χ0n) is 8.93. The van der Waals surface area contributed by atoms with Gasteiger partial charge >= 0.3 is 0 Å². The van der Waals surface area contributed by atoms with Crippen LogP contribution in [-0.4, -0.2) is 15.0 Å². The Balaban J connectivity index is 2.40. The highest BCUT2D eigenvalue weighted by atomic mass is 79.9. The minimum atomic E-state index is 0.164. The van der Waals surface area contributed by atoms with Crippen LogP contribution in [0.15, 0.2) is 35.2 Å². The Morgan fingerprint density at radius 1 is 1.44 bits per heavy atom. The molecule has 0 unspecified atom stereocenters. The van der Waals surface area contributed by atoms with Gasteiger partial charge in [0.15, 0.2) is 0 Å². The predicted molar refractivity (Wildman–Crippen MR) is 77.1 cm³/mol. The summed E-state index contributed by atoms with van der Waals surface area (Å²) in [6.45, 7) is 0. The Bertz CT molecular complexity index is 609. The van der Waals surface area contributed by atoms with Crippen LogP contribution in [-0.2, 0) is 0 Å². The monoisotopic (exact) mass is 343 g/mol. The number of halogens is 2. The fourth-order valence-corrected chi connectivity index (χ4v) is 1.86. The van der Waals surface area contributed by atoms with E-state index in [4.69, 9.17) is 34.3 Å². The van der Waals surface area contributed by atoms with Crippen molar-refractivity contribution in [3.05, 3.63) is 45.8 Å². The van der Waals surface area contributed by atoms with E-state index < -0.39 is 0 Å². The molecule has 1 aromatic carbocycles. The van der Waals surface area contributed by atoms with Gasteiger partial charge in [-0.2, -0.15) is 0 Å². The summed E-state index contributed by atoms with van der Waals surface area (Å²) < 4.78 is 6.44. The third kappa shape index (κ3) is 2.95. The summed E-state index contributed by atoms with van der Waals surface area (Å²) in [6, 6.07) is 5.25. The number of nitrogens with two attached hydrogens (primary N) is 1. The Hall–Kier alpha value is -1.24. The Morgan fingerprint density at radius 3 is 2.94 bits per heavy atom. The van der Waals surface area contributed by atoms with Crippen LogP contribution < -0.4 is 10.5 Å². The van der Waals surface area contributed by atoms with E-state index in [0.717, 1.165) is 4.47 Å². The minimum Gasteiger partial charge on any atom is -0.437 e. The van der Waals surface area contributed by atoms with Crippen LogP contribution in [0.5, 0.6) is 11.6 Å². The summed E-state index contributed by atoms with van der Waals surface area (Å²) in [5, 5.41) is 0.464. The normalized spacial score (nSPS) is 10.1. The number of hydrogen-bond acceptors (Lipinski definition) is 4. The summed E-state index contributed by atoms with van der Waals surface area (Å²) in [5.41, 5.74) is 6.03. The lowest BCUT2D eigenvalue weighted by molar-refractivity contribution is 0.460. The lowest BCUT2D eigenvalue weighted by atomic mass is 10.3. The van der Waals surface area contributed by atoms with E-state index in [9.17, 15) is 0 Å². The zero-order chi connectivity index (χ0) is 13.1. The van der Waals surface area contributed by atoms with Crippen LogP contribution in [0, 0.1) is 0 Å². The third-order valence-corrected chi connectivity index (χ3v) is 3.07. The SMILES string of the molecule is NC(=S)c1cncnc1Oc1cc(Br)ccc1Cl. The highest BCUT2D eigenvalue weighted by Crippen LogP contribution is 2.32. The first kappa shape index (κ1) is 13.2. The van der Waals surface area contributed by atoms with Gasteiger partial charge in [-0.05, 0) is 18.2 Å². The van der Waals surface area contributed by atoms with E-state index >= 15 is 0 Å². The van der Waals surface area contributed by atoms with Gasteiger partial charge in [0.25, 0.3) is 0 Å². The van der Waals surface area contributed by atoms with Crippen LogP contribution in [0.25, 0.3) is 0 Å². The molecule has 0 fully saturated rings. The molecule has 2 aromatic rings. The van der Waals surface area contributed by atoms with Gasteiger partial charge in [-0.3, -0.25) is 0 Å². The molecule has 0 aliphatic rings. The maximum absolute atomic E-state index is 6.02. The van der Waals surface area contributed by atoms with E-state index in [1.54, 1.807) is 12.1 Å². The smallest absolute Gasteiger partial charge is 0.232 e. The number of nitrogens with zero attached hydrogens (tertiary/aromatic N) is 2. The third-order valence-electron chi connectivity index (χ3n) is 2.04. The van der Waals surface area contributed by atoms with Crippen molar-refractivity contribution in [3.8, 4) is 11.6 Å². The van der Waals surface area contributed by atoms with Crippen LogP contribution in [0.2, 0.25) is 5.02 Å².